The Morgan fingerprint density at radius 3 is 1.87 bits per heavy atom. The van der Waals surface area contributed by atoms with Gasteiger partial charge in [-0.1, -0.05) is 46.6 Å². The van der Waals surface area contributed by atoms with E-state index < -0.39 is 0 Å². The lowest BCUT2D eigenvalue weighted by Gasteiger charge is -2.06. The Bertz CT molecular complexity index is 834. The van der Waals surface area contributed by atoms with E-state index in [0.29, 0.717) is 12.0 Å². The number of methoxy groups -OCH3 is 1. The van der Waals surface area contributed by atoms with Crippen LogP contribution in [0.3, 0.4) is 0 Å². The molecule has 0 aromatic heterocycles. The number of ether oxygens (including phenoxy) is 1. The minimum Gasteiger partial charge on any atom is -0.508 e. The van der Waals surface area contributed by atoms with Crippen LogP contribution in [-0.4, -0.2) is 18.2 Å². The Hall–Kier alpha value is -2.55. The third-order valence-corrected chi connectivity index (χ3v) is 5.33. The summed E-state index contributed by atoms with van der Waals surface area (Å²) in [5, 5.41) is 10.0. The van der Waals surface area contributed by atoms with Crippen molar-refractivity contribution in [2.24, 2.45) is 0 Å². The van der Waals surface area contributed by atoms with Gasteiger partial charge in [-0.25, -0.2) is 4.79 Å². The minimum atomic E-state index is -0.388. The van der Waals surface area contributed by atoms with Crippen molar-refractivity contribution in [1.29, 1.82) is 0 Å². The van der Waals surface area contributed by atoms with Crippen molar-refractivity contribution >= 4 is 5.97 Å². The van der Waals surface area contributed by atoms with Crippen molar-refractivity contribution in [3.63, 3.8) is 0 Å². The second-order valence-electron chi connectivity index (χ2n) is 8.59. The molecule has 0 aliphatic carbocycles. The number of carbonyl (C=O) groups excluding carboxylic acids is 1. The van der Waals surface area contributed by atoms with E-state index in [1.807, 2.05) is 0 Å². The van der Waals surface area contributed by atoms with Gasteiger partial charge in [-0.3, -0.25) is 0 Å². The molecule has 0 spiro atoms. The highest BCUT2D eigenvalue weighted by atomic mass is 16.5. The molecular formula is C28H40O3. The fraction of sp³-hybridized carbons (Fsp3) is 0.464. The Kier molecular flexibility index (Phi) is 12.3. The van der Waals surface area contributed by atoms with Crippen LogP contribution in [0, 0.1) is 0 Å². The van der Waals surface area contributed by atoms with E-state index in [-0.39, 0.29) is 11.7 Å². The Labute approximate surface area is 189 Å². The van der Waals surface area contributed by atoms with Gasteiger partial charge in [0, 0.05) is 0 Å². The van der Waals surface area contributed by atoms with E-state index in [0.717, 1.165) is 44.1 Å². The van der Waals surface area contributed by atoms with Gasteiger partial charge in [0.1, 0.15) is 5.75 Å². The summed E-state index contributed by atoms with van der Waals surface area (Å²) in [4.78, 5) is 11.7. The second kappa shape index (κ2) is 14.5. The molecule has 0 fully saturated rings. The van der Waals surface area contributed by atoms with Crippen LogP contribution in [0.2, 0.25) is 0 Å². The van der Waals surface area contributed by atoms with Crippen LogP contribution in [-0.2, 0) is 11.2 Å². The number of rotatable bonds is 12. The van der Waals surface area contributed by atoms with E-state index in [2.05, 4.69) is 58.9 Å². The molecule has 0 radical (unpaired) electrons. The molecule has 31 heavy (non-hydrogen) atoms. The maximum Gasteiger partial charge on any atom is 0.337 e. The normalized spacial score (nSPS) is 12.6. The van der Waals surface area contributed by atoms with E-state index in [4.69, 9.17) is 4.74 Å². The third-order valence-electron chi connectivity index (χ3n) is 5.33. The average Bonchev–Trinajstić information content (AvgIpc) is 2.72. The maximum absolute atomic E-state index is 11.7. The van der Waals surface area contributed by atoms with E-state index >= 15 is 0 Å². The fourth-order valence-electron chi connectivity index (χ4n) is 3.27. The topological polar surface area (TPSA) is 46.5 Å². The molecule has 3 nitrogen and oxygen atoms in total. The summed E-state index contributed by atoms with van der Waals surface area (Å²) in [5.74, 6) is -0.183. The predicted molar refractivity (Wildman–Crippen MR) is 132 cm³/mol. The molecular weight excluding hydrogens is 384 g/mol. The van der Waals surface area contributed by atoms with E-state index in [1.165, 1.54) is 29.4 Å². The number of hydrogen-bond donors (Lipinski definition) is 1. The molecule has 0 bridgehead atoms. The summed E-state index contributed by atoms with van der Waals surface area (Å²) in [6.07, 6.45) is 16.2. The van der Waals surface area contributed by atoms with Gasteiger partial charge >= 0.3 is 5.97 Å². The number of aromatic hydroxyl groups is 1. The zero-order chi connectivity index (χ0) is 23.2. The molecule has 0 saturated carbocycles. The first kappa shape index (κ1) is 26.5. The van der Waals surface area contributed by atoms with Crippen LogP contribution in [0.5, 0.6) is 5.75 Å². The van der Waals surface area contributed by atoms with Gasteiger partial charge in [0.25, 0.3) is 0 Å². The van der Waals surface area contributed by atoms with Crippen molar-refractivity contribution in [1.82, 2.24) is 0 Å². The highest BCUT2D eigenvalue weighted by Crippen LogP contribution is 2.21. The first-order valence-corrected chi connectivity index (χ1v) is 11.2. The number of phenols is 1. The lowest BCUT2D eigenvalue weighted by atomic mass is 10.0. The van der Waals surface area contributed by atoms with Gasteiger partial charge < -0.3 is 9.84 Å². The maximum atomic E-state index is 11.7. The first-order chi connectivity index (χ1) is 14.7. The highest BCUT2D eigenvalue weighted by Gasteiger charge is 2.08. The van der Waals surface area contributed by atoms with Crippen LogP contribution >= 0.6 is 0 Å². The monoisotopic (exact) mass is 424 g/mol. The molecule has 0 amide bonds. The zero-order valence-electron chi connectivity index (χ0n) is 20.3. The predicted octanol–water partition coefficient (Wildman–Crippen LogP) is 7.87. The smallest absolute Gasteiger partial charge is 0.337 e. The summed E-state index contributed by atoms with van der Waals surface area (Å²) in [7, 11) is 1.36. The van der Waals surface area contributed by atoms with Crippen molar-refractivity contribution in [2.45, 2.75) is 79.6 Å². The fourth-order valence-corrected chi connectivity index (χ4v) is 3.27. The second-order valence-corrected chi connectivity index (χ2v) is 8.59. The third kappa shape index (κ3) is 11.4. The SMILES string of the molecule is COC(=O)c1ccc(O)c(C/C=C(\C)CC/C=C(\C)CC/C=C(\C)CCC=C(C)C)c1. The molecule has 0 unspecified atom stereocenters. The number of benzene rings is 1. The molecule has 1 N–H and O–H groups in total. The summed E-state index contributed by atoms with van der Waals surface area (Å²) < 4.78 is 4.75. The standard InChI is InChI=1S/C28H40O3/c1-21(2)10-7-11-22(3)12-8-13-23(4)14-9-15-24(5)16-17-25-20-26(28(30)31-6)18-19-27(25)29/h10,12,14,16,18-20,29H,7-9,11,13,15,17H2,1-6H3/b22-12+,23-14+,24-16+. The Balaban J connectivity index is 2.45. The van der Waals surface area contributed by atoms with Crippen LogP contribution in [0.25, 0.3) is 0 Å². The molecule has 0 saturated heterocycles. The molecule has 0 aliphatic rings. The van der Waals surface area contributed by atoms with Crippen molar-refractivity contribution in [3.05, 3.63) is 75.9 Å². The van der Waals surface area contributed by atoms with Gasteiger partial charge in [0.2, 0.25) is 0 Å². The van der Waals surface area contributed by atoms with Crippen molar-refractivity contribution in [2.75, 3.05) is 7.11 Å². The lowest BCUT2D eigenvalue weighted by Crippen LogP contribution is -2.01. The summed E-state index contributed by atoms with van der Waals surface area (Å²) in [6, 6.07) is 4.83. The van der Waals surface area contributed by atoms with Crippen molar-refractivity contribution in [3.8, 4) is 5.75 Å². The van der Waals surface area contributed by atoms with Crippen LogP contribution in [0.4, 0.5) is 0 Å². The molecule has 0 atom stereocenters. The van der Waals surface area contributed by atoms with Crippen LogP contribution < -0.4 is 0 Å². The summed E-state index contributed by atoms with van der Waals surface area (Å²) >= 11 is 0. The van der Waals surface area contributed by atoms with Gasteiger partial charge in [0.05, 0.1) is 12.7 Å². The molecule has 1 rings (SSSR count). The zero-order valence-corrected chi connectivity index (χ0v) is 20.3. The highest BCUT2D eigenvalue weighted by molar-refractivity contribution is 5.89. The number of hydrogen-bond acceptors (Lipinski definition) is 3. The summed E-state index contributed by atoms with van der Waals surface area (Å²) in [5.41, 5.74) is 6.78. The van der Waals surface area contributed by atoms with Gasteiger partial charge in [0.15, 0.2) is 0 Å². The molecule has 0 heterocycles. The molecule has 3 heteroatoms. The number of phenolic OH excluding ortho intramolecular Hbond substituents is 1. The molecule has 1 aromatic rings. The Morgan fingerprint density at radius 2 is 1.35 bits per heavy atom. The summed E-state index contributed by atoms with van der Waals surface area (Å²) in [6.45, 7) is 10.8. The van der Waals surface area contributed by atoms with E-state index in [9.17, 15) is 9.90 Å². The molecule has 170 valence electrons. The van der Waals surface area contributed by atoms with Gasteiger partial charge in [-0.05, 0) is 103 Å². The van der Waals surface area contributed by atoms with Gasteiger partial charge in [-0.2, -0.15) is 0 Å². The number of esters is 1. The molecule has 1 aromatic carbocycles. The largest absolute Gasteiger partial charge is 0.508 e. The first-order valence-electron chi connectivity index (χ1n) is 11.2. The van der Waals surface area contributed by atoms with Gasteiger partial charge in [-0.15, -0.1) is 0 Å². The minimum absolute atomic E-state index is 0.205. The van der Waals surface area contributed by atoms with Crippen molar-refractivity contribution < 1.29 is 14.6 Å². The number of carbonyl (C=O) groups is 1. The quantitative estimate of drug-likeness (QED) is 0.274. The van der Waals surface area contributed by atoms with E-state index in [1.54, 1.807) is 18.2 Å². The lowest BCUT2D eigenvalue weighted by molar-refractivity contribution is 0.0600. The number of allylic oxidation sites excluding steroid dienone is 8. The Morgan fingerprint density at radius 1 is 0.839 bits per heavy atom. The average molecular weight is 425 g/mol. The molecule has 0 aliphatic heterocycles. The van der Waals surface area contributed by atoms with Crippen LogP contribution in [0.15, 0.2) is 64.8 Å². The van der Waals surface area contributed by atoms with Crippen LogP contribution in [0.1, 0.15) is 89.1 Å².